The van der Waals surface area contributed by atoms with Gasteiger partial charge in [-0.05, 0) is 25.7 Å². The highest BCUT2D eigenvalue weighted by Crippen LogP contribution is 2.19. The number of carbonyl (C=O) groups is 2. The van der Waals surface area contributed by atoms with Crippen LogP contribution in [0.25, 0.3) is 0 Å². The first-order valence-corrected chi connectivity index (χ1v) is 4.77. The van der Waals surface area contributed by atoms with Crippen molar-refractivity contribution in [3.63, 3.8) is 0 Å². The van der Waals surface area contributed by atoms with E-state index in [9.17, 15) is 9.59 Å². The summed E-state index contributed by atoms with van der Waals surface area (Å²) in [6, 6.07) is 0. The van der Waals surface area contributed by atoms with Crippen LogP contribution in [0.5, 0.6) is 0 Å². The fraction of sp³-hybridized carbons (Fsp3) is 0.800. The van der Waals surface area contributed by atoms with Gasteiger partial charge in [-0.15, -0.1) is 0 Å². The third-order valence-corrected chi connectivity index (χ3v) is 2.30. The van der Waals surface area contributed by atoms with Gasteiger partial charge in [-0.3, -0.25) is 9.59 Å². The molecule has 0 radical (unpaired) electrons. The second-order valence-corrected chi connectivity index (χ2v) is 3.68. The molecular weight excluding hydrogens is 168 g/mol. The van der Waals surface area contributed by atoms with Crippen LogP contribution in [0, 0.1) is 5.92 Å². The van der Waals surface area contributed by atoms with E-state index in [1.54, 1.807) is 0 Å². The summed E-state index contributed by atoms with van der Waals surface area (Å²) in [5.41, 5.74) is 0. The molecule has 13 heavy (non-hydrogen) atoms. The van der Waals surface area contributed by atoms with Gasteiger partial charge in [0.25, 0.3) is 0 Å². The molecule has 0 amide bonds. The zero-order chi connectivity index (χ0) is 9.68. The van der Waals surface area contributed by atoms with Crippen LogP contribution in [-0.4, -0.2) is 24.8 Å². The molecule has 0 atom stereocenters. The van der Waals surface area contributed by atoms with E-state index in [-0.39, 0.29) is 18.0 Å². The molecule has 3 nitrogen and oxygen atoms in total. The highest BCUT2D eigenvalue weighted by atomic mass is 16.5. The van der Waals surface area contributed by atoms with Gasteiger partial charge in [0.2, 0.25) is 0 Å². The fourth-order valence-corrected chi connectivity index (χ4v) is 1.62. The number of hydrogen-bond acceptors (Lipinski definition) is 3. The van der Waals surface area contributed by atoms with Crippen molar-refractivity contribution in [2.75, 3.05) is 13.2 Å². The lowest BCUT2D eigenvalue weighted by Crippen LogP contribution is -2.19. The highest BCUT2D eigenvalue weighted by molar-refractivity contribution is 5.97. The van der Waals surface area contributed by atoms with E-state index in [0.29, 0.717) is 12.3 Å². The summed E-state index contributed by atoms with van der Waals surface area (Å²) in [6.45, 7) is 2.98. The monoisotopic (exact) mass is 184 g/mol. The maximum absolute atomic E-state index is 11.3. The number of hydrogen-bond donors (Lipinski definition) is 0. The van der Waals surface area contributed by atoms with Gasteiger partial charge < -0.3 is 4.74 Å². The predicted molar refractivity (Wildman–Crippen MR) is 48.5 cm³/mol. The molecule has 0 aromatic carbocycles. The quantitative estimate of drug-likeness (QED) is 0.619. The number of carbonyl (C=O) groups excluding carboxylic acids is 2. The van der Waals surface area contributed by atoms with Crippen LogP contribution in [0.1, 0.15) is 32.6 Å². The molecule has 0 unspecified atom stereocenters. The Kier molecular flexibility index (Phi) is 4.09. The zero-order valence-electron chi connectivity index (χ0n) is 8.04. The second kappa shape index (κ2) is 5.12. The molecule has 1 saturated heterocycles. The zero-order valence-corrected chi connectivity index (χ0v) is 8.04. The Morgan fingerprint density at radius 3 is 2.46 bits per heavy atom. The van der Waals surface area contributed by atoms with Crippen molar-refractivity contribution in [2.45, 2.75) is 32.6 Å². The van der Waals surface area contributed by atoms with Crippen LogP contribution in [0.3, 0.4) is 0 Å². The van der Waals surface area contributed by atoms with Gasteiger partial charge in [0.05, 0.1) is 6.42 Å². The van der Waals surface area contributed by atoms with E-state index >= 15 is 0 Å². The van der Waals surface area contributed by atoms with Crippen molar-refractivity contribution >= 4 is 11.6 Å². The first-order valence-electron chi connectivity index (χ1n) is 4.77. The van der Waals surface area contributed by atoms with Crippen molar-refractivity contribution in [3.05, 3.63) is 0 Å². The van der Waals surface area contributed by atoms with Crippen LogP contribution in [0.15, 0.2) is 0 Å². The minimum absolute atomic E-state index is 0.0305. The summed E-state index contributed by atoms with van der Waals surface area (Å²) >= 11 is 0. The molecule has 0 N–H and O–H groups in total. The molecule has 0 aromatic heterocycles. The minimum atomic E-state index is -0.0305. The van der Waals surface area contributed by atoms with Crippen molar-refractivity contribution in [1.82, 2.24) is 0 Å². The number of ether oxygens (including phenoxy) is 1. The molecule has 0 aromatic rings. The maximum Gasteiger partial charge on any atom is 0.140 e. The molecule has 1 heterocycles. The summed E-state index contributed by atoms with van der Waals surface area (Å²) in [7, 11) is 0. The van der Waals surface area contributed by atoms with E-state index in [4.69, 9.17) is 4.74 Å². The Hall–Kier alpha value is -0.700. The molecule has 1 aliphatic heterocycles. The first-order chi connectivity index (χ1) is 6.18. The first kappa shape index (κ1) is 10.4. The number of Topliss-reactive ketones (excluding diaryl/α,β-unsaturated/α-hetero) is 2. The third-order valence-electron chi connectivity index (χ3n) is 2.30. The molecule has 74 valence electrons. The van der Waals surface area contributed by atoms with Crippen LogP contribution < -0.4 is 0 Å². The van der Waals surface area contributed by atoms with E-state index in [0.717, 1.165) is 26.1 Å². The van der Waals surface area contributed by atoms with Gasteiger partial charge >= 0.3 is 0 Å². The van der Waals surface area contributed by atoms with Gasteiger partial charge in [0.1, 0.15) is 11.6 Å². The minimum Gasteiger partial charge on any atom is -0.381 e. The van der Waals surface area contributed by atoms with E-state index in [1.165, 1.54) is 6.92 Å². The Morgan fingerprint density at radius 2 is 1.92 bits per heavy atom. The number of ketones is 2. The van der Waals surface area contributed by atoms with Crippen LogP contribution in [0.2, 0.25) is 0 Å². The van der Waals surface area contributed by atoms with Gasteiger partial charge in [-0.25, -0.2) is 0 Å². The van der Waals surface area contributed by atoms with E-state index in [1.807, 2.05) is 0 Å². The molecule has 3 heteroatoms. The summed E-state index contributed by atoms with van der Waals surface area (Å²) in [4.78, 5) is 21.9. The topological polar surface area (TPSA) is 43.4 Å². The van der Waals surface area contributed by atoms with Crippen molar-refractivity contribution in [1.29, 1.82) is 0 Å². The lowest BCUT2D eigenvalue weighted by atomic mass is 9.93. The lowest BCUT2D eigenvalue weighted by molar-refractivity contribution is -0.126. The fourth-order valence-electron chi connectivity index (χ4n) is 1.62. The third kappa shape index (κ3) is 4.18. The van der Waals surface area contributed by atoms with Crippen LogP contribution in [-0.2, 0) is 14.3 Å². The van der Waals surface area contributed by atoms with E-state index in [2.05, 4.69) is 0 Å². The van der Waals surface area contributed by atoms with Crippen molar-refractivity contribution in [2.24, 2.45) is 5.92 Å². The second-order valence-electron chi connectivity index (χ2n) is 3.68. The molecule has 1 rings (SSSR count). The molecule has 0 saturated carbocycles. The summed E-state index contributed by atoms with van der Waals surface area (Å²) in [5.74, 6) is 0.497. The Morgan fingerprint density at radius 1 is 1.31 bits per heavy atom. The Bertz CT molecular complexity index is 192. The number of rotatable bonds is 4. The molecule has 1 fully saturated rings. The van der Waals surface area contributed by atoms with Gasteiger partial charge in [-0.1, -0.05) is 0 Å². The van der Waals surface area contributed by atoms with E-state index < -0.39 is 0 Å². The van der Waals surface area contributed by atoms with Crippen molar-refractivity contribution < 1.29 is 14.3 Å². The van der Waals surface area contributed by atoms with Gasteiger partial charge in [-0.2, -0.15) is 0 Å². The van der Waals surface area contributed by atoms with Gasteiger partial charge in [0, 0.05) is 19.6 Å². The Balaban J connectivity index is 2.22. The molecule has 0 bridgehead atoms. The standard InChI is InChI=1S/C10H16O3/c1-8(11)6-10(12)7-9-2-4-13-5-3-9/h9H,2-7H2,1H3. The molecule has 0 spiro atoms. The predicted octanol–water partition coefficient (Wildman–Crippen LogP) is 1.35. The van der Waals surface area contributed by atoms with Gasteiger partial charge in [0.15, 0.2) is 0 Å². The van der Waals surface area contributed by atoms with Crippen LogP contribution >= 0.6 is 0 Å². The average molecular weight is 184 g/mol. The smallest absolute Gasteiger partial charge is 0.140 e. The highest BCUT2D eigenvalue weighted by Gasteiger charge is 2.17. The normalized spacial score (nSPS) is 18.5. The Labute approximate surface area is 78.5 Å². The molecular formula is C10H16O3. The lowest BCUT2D eigenvalue weighted by Gasteiger charge is -2.20. The van der Waals surface area contributed by atoms with Crippen LogP contribution in [0.4, 0.5) is 0 Å². The molecule has 0 aliphatic carbocycles. The largest absolute Gasteiger partial charge is 0.381 e. The SMILES string of the molecule is CC(=O)CC(=O)CC1CCOCC1. The van der Waals surface area contributed by atoms with Crippen molar-refractivity contribution in [3.8, 4) is 0 Å². The summed E-state index contributed by atoms with van der Waals surface area (Å²) in [6.07, 6.45) is 2.59. The summed E-state index contributed by atoms with van der Waals surface area (Å²) < 4.78 is 5.18. The molecule has 1 aliphatic rings. The average Bonchev–Trinajstić information content (AvgIpc) is 2.04. The summed E-state index contributed by atoms with van der Waals surface area (Å²) in [5, 5.41) is 0. The maximum atomic E-state index is 11.3.